The fourth-order valence-electron chi connectivity index (χ4n) is 3.31. The highest BCUT2D eigenvalue weighted by atomic mass is 19.4. The van der Waals surface area contributed by atoms with Gasteiger partial charge in [-0.3, -0.25) is 20.4 Å². The van der Waals surface area contributed by atoms with E-state index in [0.29, 0.717) is 17.5 Å². The van der Waals surface area contributed by atoms with E-state index in [1.54, 1.807) is 12.3 Å². The predicted molar refractivity (Wildman–Crippen MR) is 96.2 cm³/mol. The van der Waals surface area contributed by atoms with E-state index in [1.165, 1.54) is 12.1 Å². The SMILES string of the molecule is O=C(NNC(=O)C1CC1c1ccc(C(F)(F)F)cc1)c1c[nH]c2ccccc12. The molecular formula is C20H16F3N3O2. The number of aromatic nitrogens is 1. The quantitative estimate of drug-likeness (QED) is 0.599. The van der Waals surface area contributed by atoms with Crippen molar-refractivity contribution < 1.29 is 22.8 Å². The van der Waals surface area contributed by atoms with Crippen LogP contribution in [0.15, 0.2) is 54.7 Å². The Hall–Kier alpha value is -3.29. The van der Waals surface area contributed by atoms with E-state index in [1.807, 2.05) is 18.2 Å². The highest BCUT2D eigenvalue weighted by Gasteiger charge is 2.44. The van der Waals surface area contributed by atoms with Crippen LogP contribution >= 0.6 is 0 Å². The van der Waals surface area contributed by atoms with Crippen LogP contribution in [0, 0.1) is 5.92 Å². The second kappa shape index (κ2) is 6.70. The van der Waals surface area contributed by atoms with E-state index >= 15 is 0 Å². The second-order valence-corrected chi connectivity index (χ2v) is 6.76. The first-order valence-electron chi connectivity index (χ1n) is 8.68. The molecule has 1 fully saturated rings. The number of para-hydroxylation sites is 1. The number of benzene rings is 2. The van der Waals surface area contributed by atoms with Crippen LogP contribution in [0.25, 0.3) is 10.9 Å². The Labute approximate surface area is 157 Å². The molecule has 3 N–H and O–H groups in total. The van der Waals surface area contributed by atoms with Gasteiger partial charge in [0.05, 0.1) is 11.1 Å². The van der Waals surface area contributed by atoms with Crippen molar-refractivity contribution in [3.8, 4) is 0 Å². The fourth-order valence-corrected chi connectivity index (χ4v) is 3.31. The zero-order valence-electron chi connectivity index (χ0n) is 14.5. The van der Waals surface area contributed by atoms with Crippen LogP contribution in [-0.4, -0.2) is 16.8 Å². The van der Waals surface area contributed by atoms with Crippen LogP contribution in [0.4, 0.5) is 13.2 Å². The van der Waals surface area contributed by atoms with Gasteiger partial charge in [-0.05, 0) is 36.1 Å². The van der Waals surface area contributed by atoms with Crippen molar-refractivity contribution in [1.29, 1.82) is 0 Å². The molecule has 3 aromatic rings. The van der Waals surface area contributed by atoms with Crippen LogP contribution in [0.5, 0.6) is 0 Å². The molecule has 1 heterocycles. The molecule has 0 bridgehead atoms. The maximum Gasteiger partial charge on any atom is 0.416 e. The summed E-state index contributed by atoms with van der Waals surface area (Å²) in [5.41, 5.74) is 5.97. The summed E-state index contributed by atoms with van der Waals surface area (Å²) >= 11 is 0. The third-order valence-electron chi connectivity index (χ3n) is 4.93. The van der Waals surface area contributed by atoms with Gasteiger partial charge in [-0.25, -0.2) is 0 Å². The van der Waals surface area contributed by atoms with Crippen molar-refractivity contribution in [2.45, 2.75) is 18.5 Å². The van der Waals surface area contributed by atoms with Crippen molar-refractivity contribution >= 4 is 22.7 Å². The third kappa shape index (κ3) is 3.45. The zero-order valence-corrected chi connectivity index (χ0v) is 14.5. The summed E-state index contributed by atoms with van der Waals surface area (Å²) in [6, 6.07) is 12.1. The Bertz CT molecular complexity index is 1040. The molecule has 28 heavy (non-hydrogen) atoms. The number of fused-ring (bicyclic) bond motifs is 1. The molecule has 8 heteroatoms. The molecular weight excluding hydrogens is 371 g/mol. The molecule has 1 aliphatic rings. The molecule has 1 aromatic heterocycles. The Morgan fingerprint density at radius 3 is 2.43 bits per heavy atom. The van der Waals surface area contributed by atoms with Gasteiger partial charge in [0.25, 0.3) is 5.91 Å². The largest absolute Gasteiger partial charge is 0.416 e. The van der Waals surface area contributed by atoms with Crippen LogP contribution in [-0.2, 0) is 11.0 Å². The first-order valence-corrected chi connectivity index (χ1v) is 8.68. The number of aromatic amines is 1. The lowest BCUT2D eigenvalue weighted by atomic mass is 10.1. The normalized spacial score (nSPS) is 18.7. The minimum absolute atomic E-state index is 0.146. The first kappa shape index (κ1) is 18.1. The zero-order chi connectivity index (χ0) is 19.9. The van der Waals surface area contributed by atoms with E-state index < -0.39 is 17.6 Å². The number of amides is 2. The molecule has 2 unspecified atom stereocenters. The highest BCUT2D eigenvalue weighted by Crippen LogP contribution is 2.47. The topological polar surface area (TPSA) is 74.0 Å². The van der Waals surface area contributed by atoms with Gasteiger partial charge in [0.2, 0.25) is 5.91 Å². The highest BCUT2D eigenvalue weighted by molar-refractivity contribution is 6.07. The molecule has 2 atom stereocenters. The van der Waals surface area contributed by atoms with Gasteiger partial charge in [-0.1, -0.05) is 30.3 Å². The standard InChI is InChI=1S/C20H16F3N3O2/c21-20(22,23)12-7-5-11(6-8-12)14-9-15(14)18(27)25-26-19(28)16-10-24-17-4-2-1-3-13(16)17/h1-8,10,14-15,24H,9H2,(H,25,27)(H,26,28). The smallest absolute Gasteiger partial charge is 0.360 e. The first-order chi connectivity index (χ1) is 13.3. The van der Waals surface area contributed by atoms with Crippen molar-refractivity contribution in [1.82, 2.24) is 15.8 Å². The summed E-state index contributed by atoms with van der Waals surface area (Å²) in [6.07, 6.45) is -2.29. The average Bonchev–Trinajstić information content (AvgIpc) is 3.37. The minimum atomic E-state index is -4.38. The number of nitrogens with one attached hydrogen (secondary N) is 3. The Morgan fingerprint density at radius 1 is 1.00 bits per heavy atom. The van der Waals surface area contributed by atoms with Crippen LogP contribution < -0.4 is 10.9 Å². The van der Waals surface area contributed by atoms with E-state index in [9.17, 15) is 22.8 Å². The van der Waals surface area contributed by atoms with Crippen molar-refractivity contribution in [2.24, 2.45) is 5.92 Å². The summed E-state index contributed by atoms with van der Waals surface area (Å²) in [5, 5.41) is 0.739. The molecule has 0 spiro atoms. The average molecular weight is 387 g/mol. The summed E-state index contributed by atoms with van der Waals surface area (Å²) in [4.78, 5) is 27.5. The number of carbonyl (C=O) groups excluding carboxylic acids is 2. The van der Waals surface area contributed by atoms with Crippen molar-refractivity contribution in [3.05, 3.63) is 71.4 Å². The lowest BCUT2D eigenvalue weighted by Crippen LogP contribution is -2.42. The van der Waals surface area contributed by atoms with Gasteiger partial charge in [-0.2, -0.15) is 13.2 Å². The Balaban J connectivity index is 1.34. The monoisotopic (exact) mass is 387 g/mol. The molecule has 1 saturated carbocycles. The van der Waals surface area contributed by atoms with Crippen molar-refractivity contribution in [2.75, 3.05) is 0 Å². The fraction of sp³-hybridized carbons (Fsp3) is 0.200. The van der Waals surface area contributed by atoms with Gasteiger partial charge in [0.1, 0.15) is 0 Å². The molecule has 4 rings (SSSR count). The molecule has 0 aliphatic heterocycles. The molecule has 0 radical (unpaired) electrons. The molecule has 2 amide bonds. The number of hydrazine groups is 1. The number of hydrogen-bond acceptors (Lipinski definition) is 2. The van der Waals surface area contributed by atoms with E-state index in [0.717, 1.165) is 23.0 Å². The number of carbonyl (C=O) groups is 2. The van der Waals surface area contributed by atoms with E-state index in [2.05, 4.69) is 15.8 Å². The Kier molecular flexibility index (Phi) is 4.33. The predicted octanol–water partition coefficient (Wildman–Crippen LogP) is 3.75. The lowest BCUT2D eigenvalue weighted by molar-refractivity contribution is -0.137. The number of alkyl halides is 3. The maximum absolute atomic E-state index is 12.6. The van der Waals surface area contributed by atoms with Gasteiger partial charge in [-0.15, -0.1) is 0 Å². The Morgan fingerprint density at radius 2 is 1.71 bits per heavy atom. The van der Waals surface area contributed by atoms with Gasteiger partial charge in [0.15, 0.2) is 0 Å². The maximum atomic E-state index is 12.6. The molecule has 1 aliphatic carbocycles. The van der Waals surface area contributed by atoms with Crippen LogP contribution in [0.2, 0.25) is 0 Å². The number of hydrogen-bond donors (Lipinski definition) is 3. The molecule has 0 saturated heterocycles. The van der Waals surface area contributed by atoms with Crippen LogP contribution in [0.3, 0.4) is 0 Å². The molecule has 144 valence electrons. The number of halogens is 3. The summed E-state index contributed by atoms with van der Waals surface area (Å²) < 4.78 is 37.9. The summed E-state index contributed by atoms with van der Waals surface area (Å²) in [7, 11) is 0. The lowest BCUT2D eigenvalue weighted by Gasteiger charge is -2.08. The minimum Gasteiger partial charge on any atom is -0.360 e. The molecule has 2 aromatic carbocycles. The van der Waals surface area contributed by atoms with Gasteiger partial charge < -0.3 is 4.98 Å². The van der Waals surface area contributed by atoms with Crippen LogP contribution in [0.1, 0.15) is 33.8 Å². The van der Waals surface area contributed by atoms with Gasteiger partial charge >= 0.3 is 6.18 Å². The second-order valence-electron chi connectivity index (χ2n) is 6.76. The third-order valence-corrected chi connectivity index (χ3v) is 4.93. The molecule has 5 nitrogen and oxygen atoms in total. The van der Waals surface area contributed by atoms with Gasteiger partial charge in [0, 0.05) is 23.0 Å². The number of rotatable bonds is 3. The number of H-pyrrole nitrogens is 1. The van der Waals surface area contributed by atoms with E-state index in [4.69, 9.17) is 0 Å². The summed E-state index contributed by atoms with van der Waals surface area (Å²) in [5.74, 6) is -1.33. The van der Waals surface area contributed by atoms with Crippen molar-refractivity contribution in [3.63, 3.8) is 0 Å². The summed E-state index contributed by atoms with van der Waals surface area (Å²) in [6.45, 7) is 0. The van der Waals surface area contributed by atoms with E-state index in [-0.39, 0.29) is 17.7 Å².